The molecule has 5 nitrogen and oxygen atoms in total. The van der Waals surface area contributed by atoms with Crippen molar-refractivity contribution in [1.29, 1.82) is 0 Å². The summed E-state index contributed by atoms with van der Waals surface area (Å²) in [5, 5.41) is 0.542. The zero-order valence-electron chi connectivity index (χ0n) is 14.8. The topological polar surface area (TPSA) is 72.1 Å². The minimum atomic E-state index is -0.357. The van der Waals surface area contributed by atoms with Gasteiger partial charge in [-0.15, -0.1) is 11.3 Å². The van der Waals surface area contributed by atoms with Gasteiger partial charge in [-0.05, 0) is 55.4 Å². The summed E-state index contributed by atoms with van der Waals surface area (Å²) in [5.41, 5.74) is 2.61. The zero-order valence-corrected chi connectivity index (χ0v) is 15.6. The standard InChI is InChI=1S/C20H20N2O3S/c1-11-6-7-15-13(8-11)9-16(26-15)20(24)25-10-17-21-18-12(2)4-3-5-14(18)19(23)22-17/h3-5,9,11H,6-8,10H2,1-2H3,(H,21,22,23). The van der Waals surface area contributed by atoms with E-state index in [1.54, 1.807) is 6.07 Å². The fraction of sp³-hybridized carbons (Fsp3) is 0.350. The number of carbonyl (C=O) groups excluding carboxylic acids is 1. The van der Waals surface area contributed by atoms with E-state index in [0.717, 1.165) is 18.4 Å². The molecule has 1 aliphatic rings. The van der Waals surface area contributed by atoms with Crippen LogP contribution in [0.2, 0.25) is 0 Å². The average molecular weight is 368 g/mol. The molecule has 134 valence electrons. The molecule has 0 bridgehead atoms. The molecule has 1 aliphatic carbocycles. The largest absolute Gasteiger partial charge is 0.453 e. The molecule has 0 fully saturated rings. The van der Waals surface area contributed by atoms with Crippen LogP contribution in [0.15, 0.2) is 29.1 Å². The lowest BCUT2D eigenvalue weighted by Gasteiger charge is -2.16. The van der Waals surface area contributed by atoms with Crippen LogP contribution in [0, 0.1) is 12.8 Å². The number of aromatic amines is 1. The van der Waals surface area contributed by atoms with Gasteiger partial charge in [-0.3, -0.25) is 4.79 Å². The van der Waals surface area contributed by atoms with Crippen molar-refractivity contribution in [2.45, 2.75) is 39.7 Å². The molecule has 26 heavy (non-hydrogen) atoms. The second kappa shape index (κ2) is 6.68. The molecule has 2 aromatic heterocycles. The van der Waals surface area contributed by atoms with E-state index in [9.17, 15) is 9.59 Å². The van der Waals surface area contributed by atoms with Gasteiger partial charge in [0.15, 0.2) is 0 Å². The number of fused-ring (bicyclic) bond motifs is 2. The number of nitrogens with zero attached hydrogens (tertiary/aromatic N) is 1. The first-order chi connectivity index (χ1) is 12.5. The maximum absolute atomic E-state index is 12.4. The Morgan fingerprint density at radius 1 is 1.42 bits per heavy atom. The molecule has 0 saturated carbocycles. The number of esters is 1. The van der Waals surface area contributed by atoms with Crippen LogP contribution in [-0.2, 0) is 24.2 Å². The van der Waals surface area contributed by atoms with Crippen molar-refractivity contribution in [3.63, 3.8) is 0 Å². The van der Waals surface area contributed by atoms with E-state index in [4.69, 9.17) is 4.74 Å². The molecule has 0 spiro atoms. The maximum atomic E-state index is 12.4. The van der Waals surface area contributed by atoms with Crippen molar-refractivity contribution in [2.24, 2.45) is 5.92 Å². The van der Waals surface area contributed by atoms with Gasteiger partial charge in [-0.25, -0.2) is 9.78 Å². The smallest absolute Gasteiger partial charge is 0.348 e. The number of thiophene rings is 1. The monoisotopic (exact) mass is 368 g/mol. The third-order valence-corrected chi connectivity index (χ3v) is 6.07. The number of hydrogen-bond acceptors (Lipinski definition) is 5. The van der Waals surface area contributed by atoms with Crippen LogP contribution in [0.25, 0.3) is 10.9 Å². The fourth-order valence-electron chi connectivity index (χ4n) is 3.43. The van der Waals surface area contributed by atoms with E-state index in [0.29, 0.717) is 27.5 Å². The normalized spacial score (nSPS) is 16.5. The third-order valence-electron chi connectivity index (χ3n) is 4.86. The summed E-state index contributed by atoms with van der Waals surface area (Å²) in [5.74, 6) is 0.667. The highest BCUT2D eigenvalue weighted by atomic mass is 32.1. The van der Waals surface area contributed by atoms with E-state index in [-0.39, 0.29) is 18.1 Å². The predicted octanol–water partition coefficient (Wildman–Crippen LogP) is 3.77. The Bertz CT molecular complexity index is 1050. The maximum Gasteiger partial charge on any atom is 0.348 e. The second-order valence-electron chi connectivity index (χ2n) is 6.97. The number of rotatable bonds is 3. The molecule has 1 aromatic carbocycles. The number of H-pyrrole nitrogens is 1. The Morgan fingerprint density at radius 3 is 3.12 bits per heavy atom. The van der Waals surface area contributed by atoms with Crippen LogP contribution in [0.5, 0.6) is 0 Å². The van der Waals surface area contributed by atoms with Crippen molar-refractivity contribution >= 4 is 28.2 Å². The number of hydrogen-bond donors (Lipinski definition) is 1. The molecule has 0 radical (unpaired) electrons. The van der Waals surface area contributed by atoms with Crippen molar-refractivity contribution in [3.8, 4) is 0 Å². The van der Waals surface area contributed by atoms with Gasteiger partial charge in [0.25, 0.3) is 5.56 Å². The second-order valence-corrected chi connectivity index (χ2v) is 8.10. The van der Waals surface area contributed by atoms with Gasteiger partial charge >= 0.3 is 5.97 Å². The zero-order chi connectivity index (χ0) is 18.3. The van der Waals surface area contributed by atoms with E-state index < -0.39 is 0 Å². The summed E-state index contributed by atoms with van der Waals surface area (Å²) in [6.45, 7) is 4.10. The van der Waals surface area contributed by atoms with E-state index in [1.807, 2.05) is 25.1 Å². The number of nitrogens with one attached hydrogen (secondary N) is 1. The molecule has 1 N–H and O–H groups in total. The minimum absolute atomic E-state index is 0.0443. The van der Waals surface area contributed by atoms with Crippen LogP contribution < -0.4 is 5.56 Å². The van der Waals surface area contributed by atoms with Gasteiger partial charge < -0.3 is 9.72 Å². The molecule has 1 unspecified atom stereocenters. The van der Waals surface area contributed by atoms with Crippen LogP contribution >= 0.6 is 11.3 Å². The number of para-hydroxylation sites is 1. The first-order valence-corrected chi connectivity index (χ1v) is 9.60. The molecule has 0 saturated heterocycles. The highest BCUT2D eigenvalue weighted by Crippen LogP contribution is 2.32. The quantitative estimate of drug-likeness (QED) is 0.714. The lowest BCUT2D eigenvalue weighted by Crippen LogP contribution is -2.14. The van der Waals surface area contributed by atoms with Crippen LogP contribution in [0.1, 0.15) is 44.8 Å². The molecule has 1 atom stereocenters. The number of aryl methyl sites for hydroxylation is 2. The van der Waals surface area contributed by atoms with Gasteiger partial charge in [-0.2, -0.15) is 0 Å². The number of aromatic nitrogens is 2. The SMILES string of the molecule is Cc1cccc2c(=O)[nH]c(COC(=O)c3cc4c(s3)CCC(C)C4)nc12. The van der Waals surface area contributed by atoms with E-state index >= 15 is 0 Å². The van der Waals surface area contributed by atoms with Gasteiger partial charge in [0, 0.05) is 4.88 Å². The molecule has 0 amide bonds. The summed E-state index contributed by atoms with van der Waals surface area (Å²) in [4.78, 5) is 33.7. The van der Waals surface area contributed by atoms with Gasteiger partial charge in [0.1, 0.15) is 17.3 Å². The van der Waals surface area contributed by atoms with Crippen LogP contribution in [0.4, 0.5) is 0 Å². The summed E-state index contributed by atoms with van der Waals surface area (Å²) in [7, 11) is 0. The van der Waals surface area contributed by atoms with E-state index in [2.05, 4.69) is 16.9 Å². The van der Waals surface area contributed by atoms with Gasteiger partial charge in [-0.1, -0.05) is 19.1 Å². The lowest BCUT2D eigenvalue weighted by atomic mass is 9.90. The Kier molecular flexibility index (Phi) is 4.36. The Morgan fingerprint density at radius 2 is 2.27 bits per heavy atom. The summed E-state index contributed by atoms with van der Waals surface area (Å²) >= 11 is 1.52. The summed E-state index contributed by atoms with van der Waals surface area (Å²) in [6.07, 6.45) is 3.23. The predicted molar refractivity (Wildman–Crippen MR) is 102 cm³/mol. The average Bonchev–Trinajstić information content (AvgIpc) is 3.04. The molecular weight excluding hydrogens is 348 g/mol. The summed E-state index contributed by atoms with van der Waals surface area (Å²) in [6, 6.07) is 7.43. The summed E-state index contributed by atoms with van der Waals surface area (Å²) < 4.78 is 5.40. The molecular formula is C20H20N2O3S. The lowest BCUT2D eigenvalue weighted by molar-refractivity contribution is 0.0468. The van der Waals surface area contributed by atoms with Crippen molar-refractivity contribution < 1.29 is 9.53 Å². The van der Waals surface area contributed by atoms with Crippen molar-refractivity contribution in [3.05, 3.63) is 61.3 Å². The molecule has 2 heterocycles. The molecule has 6 heteroatoms. The third kappa shape index (κ3) is 3.17. The minimum Gasteiger partial charge on any atom is -0.453 e. The highest BCUT2D eigenvalue weighted by molar-refractivity contribution is 7.14. The van der Waals surface area contributed by atoms with E-state index in [1.165, 1.54) is 28.2 Å². The first kappa shape index (κ1) is 17.0. The highest BCUT2D eigenvalue weighted by Gasteiger charge is 2.21. The first-order valence-electron chi connectivity index (χ1n) is 8.78. The Balaban J connectivity index is 1.52. The number of ether oxygens (including phenoxy) is 1. The Labute approximate surface area is 155 Å². The molecule has 3 aromatic rings. The van der Waals surface area contributed by atoms with Gasteiger partial charge in [0.05, 0.1) is 10.9 Å². The number of carbonyl (C=O) groups is 1. The fourth-order valence-corrected chi connectivity index (χ4v) is 4.53. The van der Waals surface area contributed by atoms with Crippen LogP contribution in [0.3, 0.4) is 0 Å². The van der Waals surface area contributed by atoms with Gasteiger partial charge in [0.2, 0.25) is 0 Å². The number of benzene rings is 1. The van der Waals surface area contributed by atoms with Crippen molar-refractivity contribution in [1.82, 2.24) is 9.97 Å². The molecule has 0 aliphatic heterocycles. The van der Waals surface area contributed by atoms with Crippen LogP contribution in [-0.4, -0.2) is 15.9 Å². The Hall–Kier alpha value is -2.47. The van der Waals surface area contributed by atoms with Crippen molar-refractivity contribution in [2.75, 3.05) is 0 Å². The molecule has 4 rings (SSSR count).